The van der Waals surface area contributed by atoms with Crippen LogP contribution in [0, 0.1) is 0 Å². The first-order chi connectivity index (χ1) is 13.7. The molecule has 8 nitrogen and oxygen atoms in total. The number of benzene rings is 1. The third-order valence-electron chi connectivity index (χ3n) is 5.14. The van der Waals surface area contributed by atoms with Crippen molar-refractivity contribution in [1.82, 2.24) is 4.90 Å². The Balaban J connectivity index is 1.73. The van der Waals surface area contributed by atoms with Crippen LogP contribution < -0.4 is 5.63 Å². The van der Waals surface area contributed by atoms with Crippen LogP contribution in [0.5, 0.6) is 0 Å². The number of hydrogen-bond donors (Lipinski definition) is 0. The quantitative estimate of drug-likeness (QED) is 0.516. The van der Waals surface area contributed by atoms with E-state index in [1.165, 1.54) is 11.0 Å². The van der Waals surface area contributed by atoms with Crippen LogP contribution in [0.4, 0.5) is 0 Å². The van der Waals surface area contributed by atoms with Gasteiger partial charge in [-0.25, -0.2) is 18.0 Å². The van der Waals surface area contributed by atoms with Crippen LogP contribution in [0.3, 0.4) is 0 Å². The molecule has 1 saturated heterocycles. The summed E-state index contributed by atoms with van der Waals surface area (Å²) in [5.74, 6) is -1.50. The predicted molar refractivity (Wildman–Crippen MR) is 106 cm³/mol. The smallest absolute Gasteiger partial charge is 0.351 e. The Hall–Kier alpha value is -2.68. The number of hydrogen-bond acceptors (Lipinski definition) is 7. The lowest BCUT2D eigenvalue weighted by Gasteiger charge is -2.33. The van der Waals surface area contributed by atoms with Crippen molar-refractivity contribution >= 4 is 32.7 Å². The van der Waals surface area contributed by atoms with Gasteiger partial charge < -0.3 is 14.1 Å². The summed E-state index contributed by atoms with van der Waals surface area (Å²) in [4.78, 5) is 38.6. The minimum atomic E-state index is -3.17. The minimum Gasteiger partial charge on any atom is -0.452 e. The summed E-state index contributed by atoms with van der Waals surface area (Å²) in [5, 5.41) is 0.558. The lowest BCUT2D eigenvalue weighted by Crippen LogP contribution is -2.48. The van der Waals surface area contributed by atoms with E-state index in [0.717, 1.165) is 0 Å². The molecule has 0 aliphatic carbocycles. The van der Waals surface area contributed by atoms with E-state index in [-0.39, 0.29) is 23.1 Å². The number of ether oxygens (including phenoxy) is 1. The minimum absolute atomic E-state index is 0.0375. The maximum Gasteiger partial charge on any atom is 0.351 e. The number of para-hydroxylation sites is 1. The zero-order valence-electron chi connectivity index (χ0n) is 16.3. The SMILES string of the molecule is CC[C@H](C)N(C(=O)COC(=O)c1cc2ccccc2oc1=O)[C@H]1CCS(=O)(=O)C1. The van der Waals surface area contributed by atoms with Crippen LogP contribution >= 0.6 is 0 Å². The van der Waals surface area contributed by atoms with Crippen molar-refractivity contribution in [3.63, 3.8) is 0 Å². The molecular weight excluding hydrogens is 398 g/mol. The topological polar surface area (TPSA) is 111 Å². The molecule has 29 heavy (non-hydrogen) atoms. The highest BCUT2D eigenvalue weighted by Gasteiger charge is 2.36. The number of rotatable bonds is 6. The summed E-state index contributed by atoms with van der Waals surface area (Å²) in [6, 6.07) is 7.46. The van der Waals surface area contributed by atoms with E-state index in [1.54, 1.807) is 24.3 Å². The van der Waals surface area contributed by atoms with E-state index >= 15 is 0 Å². The highest BCUT2D eigenvalue weighted by molar-refractivity contribution is 7.91. The van der Waals surface area contributed by atoms with Crippen molar-refractivity contribution in [2.75, 3.05) is 18.1 Å². The number of nitrogens with zero attached hydrogens (tertiary/aromatic N) is 1. The van der Waals surface area contributed by atoms with Gasteiger partial charge in [-0.1, -0.05) is 25.1 Å². The largest absolute Gasteiger partial charge is 0.452 e. The van der Waals surface area contributed by atoms with Crippen LogP contribution in [0.1, 0.15) is 37.0 Å². The highest BCUT2D eigenvalue weighted by atomic mass is 32.2. The zero-order chi connectivity index (χ0) is 21.2. The maximum atomic E-state index is 12.7. The molecule has 1 aliphatic heterocycles. The van der Waals surface area contributed by atoms with Crippen molar-refractivity contribution in [2.24, 2.45) is 0 Å². The Morgan fingerprint density at radius 1 is 1.31 bits per heavy atom. The summed E-state index contributed by atoms with van der Waals surface area (Å²) in [6.45, 7) is 3.13. The lowest BCUT2D eigenvalue weighted by atomic mass is 10.1. The van der Waals surface area contributed by atoms with Gasteiger partial charge in [0, 0.05) is 17.5 Å². The van der Waals surface area contributed by atoms with Crippen LogP contribution in [-0.4, -0.2) is 55.4 Å². The fourth-order valence-electron chi connectivity index (χ4n) is 3.48. The van der Waals surface area contributed by atoms with Crippen LogP contribution in [-0.2, 0) is 19.4 Å². The molecule has 0 N–H and O–H groups in total. The van der Waals surface area contributed by atoms with Gasteiger partial charge in [0.2, 0.25) is 0 Å². The standard InChI is InChI=1S/C20H23NO7S/c1-3-13(2)21(15-8-9-29(25,26)12-15)18(22)11-27-19(23)16-10-14-6-4-5-7-17(14)28-20(16)24/h4-7,10,13,15H,3,8-9,11-12H2,1-2H3/t13-,15-/m0/s1. The van der Waals surface area contributed by atoms with Crippen LogP contribution in [0.2, 0.25) is 0 Å². The number of sulfone groups is 1. The average molecular weight is 421 g/mol. The first-order valence-corrected chi connectivity index (χ1v) is 11.3. The Bertz CT molecular complexity index is 1090. The first-order valence-electron chi connectivity index (χ1n) is 9.43. The number of carbonyl (C=O) groups is 2. The van der Waals surface area contributed by atoms with E-state index in [0.29, 0.717) is 23.8 Å². The van der Waals surface area contributed by atoms with E-state index in [1.807, 2.05) is 13.8 Å². The van der Waals surface area contributed by atoms with Crippen molar-refractivity contribution in [3.8, 4) is 0 Å². The molecule has 1 fully saturated rings. The van der Waals surface area contributed by atoms with Gasteiger partial charge in [-0.2, -0.15) is 0 Å². The maximum absolute atomic E-state index is 12.7. The monoisotopic (exact) mass is 421 g/mol. The predicted octanol–water partition coefficient (Wildman–Crippen LogP) is 1.76. The molecule has 2 atom stereocenters. The normalized spacial score (nSPS) is 19.0. The van der Waals surface area contributed by atoms with Crippen LogP contribution in [0.25, 0.3) is 11.0 Å². The molecule has 0 bridgehead atoms. The van der Waals surface area contributed by atoms with Crippen molar-refractivity contribution in [2.45, 2.75) is 38.8 Å². The highest BCUT2D eigenvalue weighted by Crippen LogP contribution is 2.21. The van der Waals surface area contributed by atoms with E-state index in [4.69, 9.17) is 9.15 Å². The second-order valence-corrected chi connectivity index (χ2v) is 9.41. The summed E-state index contributed by atoms with van der Waals surface area (Å²) >= 11 is 0. The fraction of sp³-hybridized carbons (Fsp3) is 0.450. The van der Waals surface area contributed by atoms with Crippen molar-refractivity contribution in [3.05, 3.63) is 46.3 Å². The third-order valence-corrected chi connectivity index (χ3v) is 6.89. The van der Waals surface area contributed by atoms with E-state index < -0.39 is 40.0 Å². The molecule has 1 aliphatic rings. The molecule has 0 radical (unpaired) electrons. The van der Waals surface area contributed by atoms with Crippen molar-refractivity contribution < 1.29 is 27.2 Å². The van der Waals surface area contributed by atoms with E-state index in [2.05, 4.69) is 0 Å². The number of carbonyl (C=O) groups excluding carboxylic acids is 2. The number of amides is 1. The molecule has 1 aromatic carbocycles. The van der Waals surface area contributed by atoms with Gasteiger partial charge in [0.05, 0.1) is 11.5 Å². The van der Waals surface area contributed by atoms with Gasteiger partial charge in [0.15, 0.2) is 16.4 Å². The zero-order valence-corrected chi connectivity index (χ0v) is 17.1. The Morgan fingerprint density at radius 3 is 2.69 bits per heavy atom. The molecule has 156 valence electrons. The summed E-state index contributed by atoms with van der Waals surface area (Å²) in [5.41, 5.74) is -0.799. The summed E-state index contributed by atoms with van der Waals surface area (Å²) in [7, 11) is -3.17. The van der Waals surface area contributed by atoms with Gasteiger partial charge in [0.1, 0.15) is 11.1 Å². The van der Waals surface area contributed by atoms with Gasteiger partial charge in [-0.15, -0.1) is 0 Å². The van der Waals surface area contributed by atoms with Gasteiger partial charge in [0.25, 0.3) is 5.91 Å². The summed E-state index contributed by atoms with van der Waals surface area (Å²) < 4.78 is 33.8. The third kappa shape index (κ3) is 4.67. The second-order valence-electron chi connectivity index (χ2n) is 7.18. The molecule has 2 heterocycles. The molecule has 3 rings (SSSR count). The van der Waals surface area contributed by atoms with Crippen molar-refractivity contribution in [1.29, 1.82) is 0 Å². The first kappa shape index (κ1) is 21.0. The lowest BCUT2D eigenvalue weighted by molar-refractivity contribution is -0.138. The molecule has 0 unspecified atom stereocenters. The van der Waals surface area contributed by atoms with Gasteiger partial charge in [-0.3, -0.25) is 4.79 Å². The molecule has 9 heteroatoms. The molecule has 1 aromatic heterocycles. The van der Waals surface area contributed by atoms with Crippen LogP contribution in [0.15, 0.2) is 39.5 Å². The average Bonchev–Trinajstić information content (AvgIpc) is 3.04. The molecule has 0 saturated carbocycles. The van der Waals surface area contributed by atoms with E-state index in [9.17, 15) is 22.8 Å². The number of fused-ring (bicyclic) bond motifs is 1. The molecule has 0 spiro atoms. The van der Waals surface area contributed by atoms with Gasteiger partial charge >= 0.3 is 11.6 Å². The molecule has 2 aromatic rings. The fourth-order valence-corrected chi connectivity index (χ4v) is 5.20. The number of esters is 1. The molecule has 1 amide bonds. The van der Waals surface area contributed by atoms with Gasteiger partial charge in [-0.05, 0) is 31.9 Å². The Morgan fingerprint density at radius 2 is 2.03 bits per heavy atom. The Labute approximate surface area is 168 Å². The summed E-state index contributed by atoms with van der Waals surface area (Å²) in [6.07, 6.45) is 0.991. The second kappa shape index (κ2) is 8.36. The molecular formula is C20H23NO7S. The Kier molecular flexibility index (Phi) is 6.07.